The van der Waals surface area contributed by atoms with Gasteiger partial charge in [-0.05, 0) is 37.1 Å². The van der Waals surface area contributed by atoms with E-state index >= 15 is 0 Å². The summed E-state index contributed by atoms with van der Waals surface area (Å²) in [6.45, 7) is 2.68. The third-order valence-corrected chi connectivity index (χ3v) is 7.22. The van der Waals surface area contributed by atoms with Gasteiger partial charge in [-0.15, -0.1) is 11.3 Å². The Morgan fingerprint density at radius 2 is 2.23 bits per heavy atom. The number of aromatic nitrogens is 2. The maximum absolute atomic E-state index is 13.0. The second kappa shape index (κ2) is 8.15. The number of rotatable bonds is 5. The molecule has 1 N–H and O–H groups in total. The molecule has 1 aliphatic carbocycles. The fraction of sp³-hybridized carbons (Fsp3) is 0.579. The summed E-state index contributed by atoms with van der Waals surface area (Å²) in [4.78, 5) is 16.4. The van der Waals surface area contributed by atoms with E-state index in [4.69, 9.17) is 0 Å². The van der Waals surface area contributed by atoms with Crippen LogP contribution in [0.4, 0.5) is 0 Å². The number of aryl methyl sites for hydroxylation is 1. The lowest BCUT2D eigenvalue weighted by molar-refractivity contribution is 0.0764. The van der Waals surface area contributed by atoms with Crippen LogP contribution < -0.4 is 5.32 Å². The predicted octanol–water partition coefficient (Wildman–Crippen LogP) is 2.36. The van der Waals surface area contributed by atoms with Crippen LogP contribution in [-0.2, 0) is 26.3 Å². The van der Waals surface area contributed by atoms with Crippen molar-refractivity contribution < 1.29 is 4.79 Å². The second-order valence-electron chi connectivity index (χ2n) is 7.03. The Kier molecular flexibility index (Phi) is 5.66. The topological polar surface area (TPSA) is 50.2 Å². The summed E-state index contributed by atoms with van der Waals surface area (Å²) in [5.41, 5.74) is 3.12. The zero-order valence-electron chi connectivity index (χ0n) is 15.2. The SMILES string of the molecule is Cn1nc(C(=O)N2CCSCC2)c2c1CCC(NCCc1cccs1)C2. The number of fused-ring (bicyclic) bond motifs is 1. The van der Waals surface area contributed by atoms with Crippen molar-refractivity contribution in [3.8, 4) is 0 Å². The zero-order valence-corrected chi connectivity index (χ0v) is 16.9. The van der Waals surface area contributed by atoms with Crippen LogP contribution in [0, 0.1) is 0 Å². The van der Waals surface area contributed by atoms with Gasteiger partial charge in [-0.3, -0.25) is 9.48 Å². The first-order chi connectivity index (χ1) is 12.7. The summed E-state index contributed by atoms with van der Waals surface area (Å²) in [6, 6.07) is 4.75. The fourth-order valence-electron chi connectivity index (χ4n) is 3.91. The van der Waals surface area contributed by atoms with Crippen molar-refractivity contribution in [3.63, 3.8) is 0 Å². The molecule has 1 atom stereocenters. The summed E-state index contributed by atoms with van der Waals surface area (Å²) in [5.74, 6) is 2.20. The molecule has 1 unspecified atom stereocenters. The van der Waals surface area contributed by atoms with Crippen molar-refractivity contribution in [1.82, 2.24) is 20.0 Å². The third kappa shape index (κ3) is 3.85. The summed E-state index contributed by atoms with van der Waals surface area (Å²) in [6.07, 6.45) is 4.10. The quantitative estimate of drug-likeness (QED) is 0.852. The molecule has 0 saturated carbocycles. The van der Waals surface area contributed by atoms with Gasteiger partial charge in [0.25, 0.3) is 5.91 Å². The second-order valence-corrected chi connectivity index (χ2v) is 9.28. The molecule has 0 spiro atoms. The monoisotopic (exact) mass is 390 g/mol. The van der Waals surface area contributed by atoms with E-state index in [1.165, 1.54) is 16.1 Å². The summed E-state index contributed by atoms with van der Waals surface area (Å²) in [7, 11) is 1.98. The van der Waals surface area contributed by atoms with Gasteiger partial charge in [0.2, 0.25) is 0 Å². The van der Waals surface area contributed by atoms with Crippen molar-refractivity contribution in [2.45, 2.75) is 31.7 Å². The lowest BCUT2D eigenvalue weighted by atomic mass is 9.91. The smallest absolute Gasteiger partial charge is 0.274 e. The van der Waals surface area contributed by atoms with E-state index in [1.54, 1.807) is 0 Å². The first-order valence-corrected chi connectivity index (χ1v) is 11.4. The van der Waals surface area contributed by atoms with Crippen LogP contribution in [0.5, 0.6) is 0 Å². The number of amides is 1. The molecule has 3 heterocycles. The number of carbonyl (C=O) groups excluding carboxylic acids is 1. The normalized spacial score (nSPS) is 20.2. The number of thioether (sulfide) groups is 1. The average molecular weight is 391 g/mol. The minimum Gasteiger partial charge on any atom is -0.336 e. The van der Waals surface area contributed by atoms with Gasteiger partial charge in [-0.1, -0.05) is 6.07 Å². The van der Waals surface area contributed by atoms with Crippen LogP contribution in [-0.4, -0.2) is 57.8 Å². The molecule has 0 aromatic carbocycles. The van der Waals surface area contributed by atoms with Gasteiger partial charge in [0, 0.05) is 60.4 Å². The predicted molar refractivity (Wildman–Crippen MR) is 108 cm³/mol. The van der Waals surface area contributed by atoms with Gasteiger partial charge in [0.15, 0.2) is 5.69 Å². The van der Waals surface area contributed by atoms with Crippen LogP contribution in [0.25, 0.3) is 0 Å². The summed E-state index contributed by atoms with van der Waals surface area (Å²) >= 11 is 3.74. The van der Waals surface area contributed by atoms with Gasteiger partial charge in [-0.25, -0.2) is 0 Å². The molecule has 2 aromatic rings. The molecule has 2 aliphatic rings. The molecular formula is C19H26N4OS2. The van der Waals surface area contributed by atoms with E-state index in [0.717, 1.165) is 56.8 Å². The molecular weight excluding hydrogens is 364 g/mol. The highest BCUT2D eigenvalue weighted by Crippen LogP contribution is 2.26. The number of nitrogens with zero attached hydrogens (tertiary/aromatic N) is 3. The molecule has 140 valence electrons. The van der Waals surface area contributed by atoms with E-state index in [0.29, 0.717) is 11.7 Å². The highest BCUT2D eigenvalue weighted by atomic mass is 32.2. The molecule has 2 aromatic heterocycles. The number of carbonyl (C=O) groups is 1. The van der Waals surface area contributed by atoms with Gasteiger partial charge in [0.05, 0.1) is 0 Å². The highest BCUT2D eigenvalue weighted by Gasteiger charge is 2.30. The van der Waals surface area contributed by atoms with E-state index in [9.17, 15) is 4.79 Å². The summed E-state index contributed by atoms with van der Waals surface area (Å²) in [5, 5.41) is 10.4. The van der Waals surface area contributed by atoms with Crippen molar-refractivity contribution in [1.29, 1.82) is 0 Å². The van der Waals surface area contributed by atoms with Gasteiger partial charge < -0.3 is 10.2 Å². The average Bonchev–Trinajstić information content (AvgIpc) is 3.30. The lowest BCUT2D eigenvalue weighted by Crippen LogP contribution is -2.40. The Balaban J connectivity index is 1.42. The van der Waals surface area contributed by atoms with Gasteiger partial charge in [0.1, 0.15) is 0 Å². The zero-order chi connectivity index (χ0) is 17.9. The molecule has 26 heavy (non-hydrogen) atoms. The standard InChI is InChI=1S/C19H26N4OS2/c1-22-17-5-4-14(20-7-6-15-3-2-10-26-15)13-16(17)18(21-22)19(24)23-8-11-25-12-9-23/h2-3,10,14,20H,4-9,11-13H2,1H3. The van der Waals surface area contributed by atoms with Crippen LogP contribution in [0.1, 0.15) is 33.0 Å². The van der Waals surface area contributed by atoms with E-state index in [2.05, 4.69) is 27.9 Å². The maximum atomic E-state index is 13.0. The molecule has 0 bridgehead atoms. The minimum absolute atomic E-state index is 0.126. The van der Waals surface area contributed by atoms with Crippen LogP contribution in [0.2, 0.25) is 0 Å². The molecule has 4 rings (SSSR count). The Morgan fingerprint density at radius 3 is 3.00 bits per heavy atom. The molecule has 1 amide bonds. The minimum atomic E-state index is 0.126. The number of thiophene rings is 1. The molecule has 7 heteroatoms. The van der Waals surface area contributed by atoms with Crippen LogP contribution >= 0.6 is 23.1 Å². The van der Waals surface area contributed by atoms with E-state index in [-0.39, 0.29) is 5.91 Å². The maximum Gasteiger partial charge on any atom is 0.274 e. The molecule has 1 saturated heterocycles. The Bertz CT molecular complexity index is 750. The molecule has 1 aliphatic heterocycles. The fourth-order valence-corrected chi connectivity index (χ4v) is 5.52. The van der Waals surface area contributed by atoms with Gasteiger partial charge >= 0.3 is 0 Å². The number of nitrogens with one attached hydrogen (secondary N) is 1. The number of hydrogen-bond acceptors (Lipinski definition) is 5. The van der Waals surface area contributed by atoms with Crippen LogP contribution in [0.15, 0.2) is 17.5 Å². The Hall–Kier alpha value is -1.31. The van der Waals surface area contributed by atoms with Gasteiger partial charge in [-0.2, -0.15) is 16.9 Å². The number of hydrogen-bond donors (Lipinski definition) is 1. The largest absolute Gasteiger partial charge is 0.336 e. The first kappa shape index (κ1) is 18.1. The van der Waals surface area contributed by atoms with Crippen molar-refractivity contribution in [2.24, 2.45) is 7.05 Å². The molecule has 0 radical (unpaired) electrons. The molecule has 1 fully saturated rings. The highest BCUT2D eigenvalue weighted by molar-refractivity contribution is 7.99. The van der Waals surface area contributed by atoms with E-state index in [1.807, 2.05) is 39.7 Å². The van der Waals surface area contributed by atoms with Crippen molar-refractivity contribution in [3.05, 3.63) is 39.3 Å². The Labute approximate surface area is 163 Å². The first-order valence-electron chi connectivity index (χ1n) is 9.40. The van der Waals surface area contributed by atoms with Crippen molar-refractivity contribution in [2.75, 3.05) is 31.1 Å². The third-order valence-electron chi connectivity index (χ3n) is 5.34. The summed E-state index contributed by atoms with van der Waals surface area (Å²) < 4.78 is 1.93. The Morgan fingerprint density at radius 1 is 1.38 bits per heavy atom. The van der Waals surface area contributed by atoms with Crippen molar-refractivity contribution >= 4 is 29.0 Å². The lowest BCUT2D eigenvalue weighted by Gasteiger charge is -2.27. The van der Waals surface area contributed by atoms with Crippen LogP contribution in [0.3, 0.4) is 0 Å². The van der Waals surface area contributed by atoms with E-state index < -0.39 is 0 Å². The molecule has 5 nitrogen and oxygen atoms in total.